The molecule has 0 saturated carbocycles. The maximum Gasteiger partial charge on any atom is 0.407 e. The standard InChI is InChI=1S/C27H37Cl3N2O10/c1-4-11-38-24(34)31-18(14-36-13-17-8-6-5-7-9-17)10-12-37-23-20(32-25(35)39-16-27(28,29)30)21(33)22-19(41-23)15-40-26(2,3)42-22/h4-9,18-23,33H,1,10-16H2,2-3H3,(H,31,34)(H,32,35)/t18-,19+,20+,21+,22+,23?/m0/s1. The van der Waals surface area contributed by atoms with Gasteiger partial charge in [-0.1, -0.05) is 77.8 Å². The van der Waals surface area contributed by atoms with Crippen molar-refractivity contribution < 1.29 is 47.9 Å². The Hall–Kier alpha value is -1.87. The molecule has 0 aromatic heterocycles. The maximum atomic E-state index is 12.5. The highest BCUT2D eigenvalue weighted by Gasteiger charge is 2.52. The Bertz CT molecular complexity index is 1010. The second-order valence-corrected chi connectivity index (χ2v) is 12.6. The lowest BCUT2D eigenvalue weighted by Crippen LogP contribution is -2.68. The summed E-state index contributed by atoms with van der Waals surface area (Å²) in [7, 11) is 0. The van der Waals surface area contributed by atoms with Gasteiger partial charge in [-0.3, -0.25) is 0 Å². The largest absolute Gasteiger partial charge is 0.445 e. The molecule has 1 aromatic rings. The SMILES string of the molecule is C=CCOC(=O)N[C@@H](CCOC1O[C@@H]2COC(C)(C)O[C@H]2[C@H](O)[C@H]1NC(=O)OCC(Cl)(Cl)Cl)COCc1ccccc1. The van der Waals surface area contributed by atoms with Gasteiger partial charge in [0.2, 0.25) is 3.79 Å². The number of halogens is 3. The molecule has 3 N–H and O–H groups in total. The van der Waals surface area contributed by atoms with Crippen molar-refractivity contribution >= 4 is 47.0 Å². The van der Waals surface area contributed by atoms with E-state index in [1.807, 2.05) is 30.3 Å². The second-order valence-electron chi connectivity index (χ2n) is 10.1. The number of amides is 2. The lowest BCUT2D eigenvalue weighted by atomic mass is 9.95. The number of fused-ring (bicyclic) bond motifs is 1. The van der Waals surface area contributed by atoms with Crippen molar-refractivity contribution in [3.63, 3.8) is 0 Å². The van der Waals surface area contributed by atoms with Crippen LogP contribution in [-0.4, -0.2) is 96.6 Å². The molecule has 0 bridgehead atoms. The first-order chi connectivity index (χ1) is 19.9. The van der Waals surface area contributed by atoms with Gasteiger partial charge in [0.25, 0.3) is 0 Å². The van der Waals surface area contributed by atoms with Crippen LogP contribution in [0.25, 0.3) is 0 Å². The van der Waals surface area contributed by atoms with Gasteiger partial charge in [-0.15, -0.1) is 0 Å². The van der Waals surface area contributed by atoms with Crippen LogP contribution in [-0.2, 0) is 39.8 Å². The minimum Gasteiger partial charge on any atom is -0.445 e. The third-order valence-electron chi connectivity index (χ3n) is 6.17. The molecule has 0 aliphatic carbocycles. The first-order valence-corrected chi connectivity index (χ1v) is 14.4. The van der Waals surface area contributed by atoms with Crippen LogP contribution in [0.1, 0.15) is 25.8 Å². The molecule has 2 amide bonds. The minimum atomic E-state index is -1.83. The molecule has 3 rings (SSSR count). The molecule has 15 heteroatoms. The Morgan fingerprint density at radius 3 is 2.64 bits per heavy atom. The van der Waals surface area contributed by atoms with Crippen molar-refractivity contribution in [3.05, 3.63) is 48.6 Å². The van der Waals surface area contributed by atoms with Gasteiger partial charge < -0.3 is 48.9 Å². The molecule has 2 aliphatic rings. The molecule has 12 nitrogen and oxygen atoms in total. The molecular formula is C27H37Cl3N2O10. The zero-order valence-electron chi connectivity index (χ0n) is 23.3. The third kappa shape index (κ3) is 11.7. The zero-order chi connectivity index (χ0) is 30.8. The topological polar surface area (TPSA) is 143 Å². The number of aliphatic hydroxyl groups is 1. The monoisotopic (exact) mass is 654 g/mol. The van der Waals surface area contributed by atoms with E-state index >= 15 is 0 Å². The molecule has 2 aliphatic heterocycles. The summed E-state index contributed by atoms with van der Waals surface area (Å²) in [6, 6.07) is 7.93. The van der Waals surface area contributed by atoms with E-state index in [4.69, 9.17) is 68.0 Å². The first-order valence-electron chi connectivity index (χ1n) is 13.3. The molecule has 2 saturated heterocycles. The fourth-order valence-electron chi connectivity index (χ4n) is 4.23. The average Bonchev–Trinajstić information content (AvgIpc) is 2.93. The molecule has 6 atom stereocenters. The van der Waals surface area contributed by atoms with Gasteiger partial charge in [-0.2, -0.15) is 0 Å². The Kier molecular flexibility index (Phi) is 13.4. The quantitative estimate of drug-likeness (QED) is 0.213. The predicted molar refractivity (Wildman–Crippen MR) is 153 cm³/mol. The van der Waals surface area contributed by atoms with Crippen LogP contribution >= 0.6 is 34.8 Å². The summed E-state index contributed by atoms with van der Waals surface area (Å²) in [5, 5.41) is 16.4. The molecule has 42 heavy (non-hydrogen) atoms. The van der Waals surface area contributed by atoms with Gasteiger partial charge in [0.1, 0.15) is 37.6 Å². The van der Waals surface area contributed by atoms with Gasteiger partial charge >= 0.3 is 12.2 Å². The average molecular weight is 656 g/mol. The van der Waals surface area contributed by atoms with E-state index in [0.717, 1.165) is 5.56 Å². The van der Waals surface area contributed by atoms with Crippen LogP contribution in [0.15, 0.2) is 43.0 Å². The number of benzene rings is 1. The lowest BCUT2D eigenvalue weighted by molar-refractivity contribution is -0.368. The first kappa shape index (κ1) is 34.6. The Labute approximate surface area is 259 Å². The lowest BCUT2D eigenvalue weighted by Gasteiger charge is -2.49. The molecule has 1 unspecified atom stereocenters. The van der Waals surface area contributed by atoms with Crippen LogP contribution in [0.2, 0.25) is 0 Å². The number of aliphatic hydroxyl groups excluding tert-OH is 1. The highest BCUT2D eigenvalue weighted by atomic mass is 35.6. The van der Waals surface area contributed by atoms with Gasteiger partial charge in [-0.05, 0) is 25.8 Å². The summed E-state index contributed by atoms with van der Waals surface area (Å²) in [5.41, 5.74) is 0.969. The van der Waals surface area contributed by atoms with Crippen LogP contribution in [0.4, 0.5) is 9.59 Å². The van der Waals surface area contributed by atoms with Crippen molar-refractivity contribution in [2.45, 2.75) is 73.1 Å². The number of ether oxygens (including phenoxy) is 7. The molecule has 0 radical (unpaired) electrons. The van der Waals surface area contributed by atoms with E-state index in [2.05, 4.69) is 17.2 Å². The number of alkyl halides is 3. The van der Waals surface area contributed by atoms with Gasteiger partial charge in [0.05, 0.1) is 32.5 Å². The Balaban J connectivity index is 1.63. The zero-order valence-corrected chi connectivity index (χ0v) is 25.6. The summed E-state index contributed by atoms with van der Waals surface area (Å²) in [6.07, 6.45) is -3.84. The molecule has 236 valence electrons. The molecule has 2 fully saturated rings. The number of hydrogen-bond donors (Lipinski definition) is 3. The number of nitrogens with one attached hydrogen (secondary N) is 2. The molecule has 2 heterocycles. The van der Waals surface area contributed by atoms with Crippen LogP contribution in [0.5, 0.6) is 0 Å². The molecule has 0 spiro atoms. The van der Waals surface area contributed by atoms with Crippen molar-refractivity contribution in [2.24, 2.45) is 0 Å². The highest BCUT2D eigenvalue weighted by molar-refractivity contribution is 6.67. The molecular weight excluding hydrogens is 619 g/mol. The Morgan fingerprint density at radius 2 is 1.95 bits per heavy atom. The summed E-state index contributed by atoms with van der Waals surface area (Å²) < 4.78 is 37.5. The van der Waals surface area contributed by atoms with E-state index < -0.39 is 65.1 Å². The number of carbonyl (C=O) groups excluding carboxylic acids is 2. The molecule has 1 aromatic carbocycles. The van der Waals surface area contributed by atoms with Crippen LogP contribution in [0, 0.1) is 0 Å². The van der Waals surface area contributed by atoms with Crippen LogP contribution in [0.3, 0.4) is 0 Å². The number of alkyl carbamates (subject to hydrolysis) is 2. The second kappa shape index (κ2) is 16.3. The van der Waals surface area contributed by atoms with E-state index in [9.17, 15) is 14.7 Å². The number of hydrogen-bond acceptors (Lipinski definition) is 10. The summed E-state index contributed by atoms with van der Waals surface area (Å²) in [5.74, 6) is -0.988. The van der Waals surface area contributed by atoms with E-state index in [1.165, 1.54) is 6.08 Å². The summed E-state index contributed by atoms with van der Waals surface area (Å²) >= 11 is 17.0. The van der Waals surface area contributed by atoms with Crippen molar-refractivity contribution in [2.75, 3.05) is 33.0 Å². The smallest absolute Gasteiger partial charge is 0.407 e. The maximum absolute atomic E-state index is 12.5. The van der Waals surface area contributed by atoms with Gasteiger partial charge in [0, 0.05) is 0 Å². The summed E-state index contributed by atoms with van der Waals surface area (Å²) in [6.45, 7) is 7.08. The normalized spacial score (nSPS) is 25.9. The fraction of sp³-hybridized carbons (Fsp3) is 0.630. The van der Waals surface area contributed by atoms with Crippen molar-refractivity contribution in [1.82, 2.24) is 10.6 Å². The minimum absolute atomic E-state index is 0.0322. The van der Waals surface area contributed by atoms with Crippen molar-refractivity contribution in [3.8, 4) is 0 Å². The van der Waals surface area contributed by atoms with E-state index in [0.29, 0.717) is 6.61 Å². The van der Waals surface area contributed by atoms with Gasteiger partial charge in [0.15, 0.2) is 12.1 Å². The summed E-state index contributed by atoms with van der Waals surface area (Å²) in [4.78, 5) is 24.7. The fourth-order valence-corrected chi connectivity index (χ4v) is 4.39. The predicted octanol–water partition coefficient (Wildman–Crippen LogP) is 3.59. The Morgan fingerprint density at radius 1 is 1.21 bits per heavy atom. The number of carbonyl (C=O) groups is 2. The third-order valence-corrected chi connectivity index (χ3v) is 6.50. The van der Waals surface area contributed by atoms with Crippen molar-refractivity contribution in [1.29, 1.82) is 0 Å². The van der Waals surface area contributed by atoms with Crippen LogP contribution < -0.4 is 10.6 Å². The van der Waals surface area contributed by atoms with E-state index in [-0.39, 0.29) is 32.8 Å². The van der Waals surface area contributed by atoms with E-state index in [1.54, 1.807) is 13.8 Å². The number of rotatable bonds is 13. The van der Waals surface area contributed by atoms with Gasteiger partial charge in [-0.25, -0.2) is 9.59 Å². The highest BCUT2D eigenvalue weighted by Crippen LogP contribution is 2.33.